The highest BCUT2D eigenvalue weighted by molar-refractivity contribution is 6.31. The normalized spacial score (nSPS) is 14.9. The molecule has 2 bridgehead atoms. The molecule has 0 spiro atoms. The molecule has 2 aromatic heterocycles. The molecule has 11 heteroatoms. The number of nitrogens with zero attached hydrogens (tertiary/aromatic N) is 3. The molecule has 1 aliphatic rings. The molecular weight excluding hydrogens is 626 g/mol. The molecule has 0 fully saturated rings. The zero-order chi connectivity index (χ0) is 33.1. The quantitative estimate of drug-likeness (QED) is 0.114. The first-order chi connectivity index (χ1) is 22.7. The standard InChI is InChI=1S/C36H31ClF2N4O4/c1-47-35(45)16-22-9-12-29-23-5-4-6-24(17-23)30(7-2-3-8-34(44)41-32(29)15-22)33-14-10-25(21-43(33)46)31-18-27(37)11-13-28(31)26-19-40-42(20-26)36(38)39/h4-6,9-15,17-21,30,36H,2-3,7-8,16H2,1H3,(H,41,44)/t30-/m0/s1. The molecule has 5 aromatic rings. The van der Waals surface area contributed by atoms with Gasteiger partial charge in [0.1, 0.15) is 0 Å². The van der Waals surface area contributed by atoms with Crippen LogP contribution in [0.4, 0.5) is 14.5 Å². The number of hydrogen-bond donors (Lipinski definition) is 1. The van der Waals surface area contributed by atoms with Crippen LogP contribution in [0.3, 0.4) is 0 Å². The minimum absolute atomic E-state index is 0.0806. The van der Waals surface area contributed by atoms with Crippen molar-refractivity contribution >= 4 is 29.2 Å². The van der Waals surface area contributed by atoms with Crippen molar-refractivity contribution in [3.63, 3.8) is 0 Å². The summed E-state index contributed by atoms with van der Waals surface area (Å²) in [5.41, 5.74) is 6.71. The largest absolute Gasteiger partial charge is 0.618 e. The second-order valence-corrected chi connectivity index (χ2v) is 11.9. The number of hydrogen-bond acceptors (Lipinski definition) is 5. The van der Waals surface area contributed by atoms with E-state index in [1.54, 1.807) is 30.3 Å². The third kappa shape index (κ3) is 7.02. The number of aromatic nitrogens is 3. The van der Waals surface area contributed by atoms with E-state index in [2.05, 4.69) is 10.4 Å². The maximum Gasteiger partial charge on any atom is 0.333 e. The molecule has 0 saturated heterocycles. The lowest BCUT2D eigenvalue weighted by Crippen LogP contribution is -2.33. The highest BCUT2D eigenvalue weighted by Crippen LogP contribution is 2.38. The fourth-order valence-corrected chi connectivity index (χ4v) is 6.23. The van der Waals surface area contributed by atoms with Gasteiger partial charge in [0.25, 0.3) is 0 Å². The summed E-state index contributed by atoms with van der Waals surface area (Å²) in [7, 11) is 1.34. The van der Waals surface area contributed by atoms with Crippen LogP contribution in [0.25, 0.3) is 33.4 Å². The van der Waals surface area contributed by atoms with Crippen molar-refractivity contribution in [1.82, 2.24) is 9.78 Å². The highest BCUT2D eigenvalue weighted by Gasteiger charge is 2.25. The number of ether oxygens (including phenoxy) is 1. The number of anilines is 1. The summed E-state index contributed by atoms with van der Waals surface area (Å²) in [5, 5.41) is 21.0. The summed E-state index contributed by atoms with van der Waals surface area (Å²) in [4.78, 5) is 24.8. The average molecular weight is 657 g/mol. The number of carbonyl (C=O) groups excluding carboxylic acids is 2. The van der Waals surface area contributed by atoms with Crippen LogP contribution in [-0.2, 0) is 20.7 Å². The lowest BCUT2D eigenvalue weighted by Gasteiger charge is -2.20. The van der Waals surface area contributed by atoms with Gasteiger partial charge in [-0.3, -0.25) is 9.59 Å². The highest BCUT2D eigenvalue weighted by atomic mass is 35.5. The molecule has 1 aliphatic heterocycles. The van der Waals surface area contributed by atoms with Crippen molar-refractivity contribution < 1.29 is 27.8 Å². The number of carbonyl (C=O) groups is 2. The minimum Gasteiger partial charge on any atom is -0.618 e. The zero-order valence-electron chi connectivity index (χ0n) is 25.5. The molecule has 47 heavy (non-hydrogen) atoms. The van der Waals surface area contributed by atoms with E-state index in [-0.39, 0.29) is 24.2 Å². The van der Waals surface area contributed by atoms with Gasteiger partial charge in [-0.25, -0.2) is 4.68 Å². The Labute approximate surface area is 275 Å². The van der Waals surface area contributed by atoms with Gasteiger partial charge in [-0.2, -0.15) is 18.6 Å². The molecule has 1 atom stereocenters. The summed E-state index contributed by atoms with van der Waals surface area (Å²) in [6.07, 6.45) is 6.43. The van der Waals surface area contributed by atoms with E-state index in [0.717, 1.165) is 27.0 Å². The van der Waals surface area contributed by atoms with Crippen LogP contribution in [-0.4, -0.2) is 28.8 Å². The Morgan fingerprint density at radius 1 is 1.04 bits per heavy atom. The molecule has 0 aliphatic carbocycles. The number of amides is 1. The van der Waals surface area contributed by atoms with Gasteiger partial charge in [-0.15, -0.1) is 0 Å². The second kappa shape index (κ2) is 13.7. The second-order valence-electron chi connectivity index (χ2n) is 11.4. The fraction of sp³-hybridized carbons (Fsp3) is 0.222. The Balaban J connectivity index is 1.39. The number of rotatable bonds is 6. The summed E-state index contributed by atoms with van der Waals surface area (Å²) in [6, 6.07) is 22.1. The number of methoxy groups -OCH3 is 1. The summed E-state index contributed by atoms with van der Waals surface area (Å²) in [5.74, 6) is -0.774. The number of esters is 1. The lowest BCUT2D eigenvalue weighted by molar-refractivity contribution is -0.614. The topological polar surface area (TPSA) is 100 Å². The van der Waals surface area contributed by atoms with Crippen LogP contribution in [0.15, 0.2) is 91.4 Å². The van der Waals surface area contributed by atoms with Crippen molar-refractivity contribution in [2.24, 2.45) is 0 Å². The summed E-state index contributed by atoms with van der Waals surface area (Å²) in [6.45, 7) is -2.78. The van der Waals surface area contributed by atoms with Crippen molar-refractivity contribution in [3.8, 4) is 33.4 Å². The summed E-state index contributed by atoms with van der Waals surface area (Å²) >= 11 is 6.34. The smallest absolute Gasteiger partial charge is 0.333 e. The molecule has 8 nitrogen and oxygen atoms in total. The molecule has 3 aromatic carbocycles. The number of halogens is 3. The Hall–Kier alpha value is -5.09. The number of fused-ring (bicyclic) bond motifs is 4. The Bertz CT molecular complexity index is 1960. The predicted octanol–water partition coefficient (Wildman–Crippen LogP) is 7.93. The van der Waals surface area contributed by atoms with E-state index < -0.39 is 6.55 Å². The van der Waals surface area contributed by atoms with Gasteiger partial charge in [0.05, 0.1) is 25.6 Å². The fourth-order valence-electron chi connectivity index (χ4n) is 6.06. The number of benzene rings is 3. The van der Waals surface area contributed by atoms with Crippen LogP contribution in [0.1, 0.15) is 55.0 Å². The maximum absolute atomic E-state index is 13.8. The van der Waals surface area contributed by atoms with Crippen LogP contribution in [0, 0.1) is 5.21 Å². The molecule has 0 radical (unpaired) electrons. The molecule has 1 N–H and O–H groups in total. The van der Waals surface area contributed by atoms with Crippen LogP contribution >= 0.6 is 11.6 Å². The van der Waals surface area contributed by atoms with Crippen molar-refractivity contribution in [2.45, 2.75) is 44.6 Å². The number of alkyl halides is 2. The van der Waals surface area contributed by atoms with Crippen molar-refractivity contribution in [1.29, 1.82) is 0 Å². The van der Waals surface area contributed by atoms with Gasteiger partial charge in [-0.1, -0.05) is 60.5 Å². The van der Waals surface area contributed by atoms with Crippen LogP contribution in [0.5, 0.6) is 0 Å². The lowest BCUT2D eigenvalue weighted by atomic mass is 9.87. The van der Waals surface area contributed by atoms with Crippen LogP contribution < -0.4 is 10.0 Å². The van der Waals surface area contributed by atoms with Crippen molar-refractivity contribution in [2.75, 3.05) is 12.4 Å². The molecule has 3 heterocycles. The summed E-state index contributed by atoms with van der Waals surface area (Å²) < 4.78 is 32.7. The molecule has 0 saturated carbocycles. The van der Waals surface area contributed by atoms with E-state index in [1.807, 2.05) is 42.5 Å². The molecule has 240 valence electrons. The molecule has 6 rings (SSSR count). The Morgan fingerprint density at radius 2 is 1.87 bits per heavy atom. The molecular formula is C36H31ClF2N4O4. The maximum atomic E-state index is 13.8. The van der Waals surface area contributed by atoms with E-state index in [1.165, 1.54) is 25.7 Å². The zero-order valence-corrected chi connectivity index (χ0v) is 26.2. The molecule has 0 unspecified atom stereocenters. The first-order valence-corrected chi connectivity index (χ1v) is 15.5. The molecule has 1 amide bonds. The van der Waals surface area contributed by atoms with Gasteiger partial charge in [0, 0.05) is 46.1 Å². The number of pyridine rings is 1. The van der Waals surface area contributed by atoms with E-state index >= 15 is 0 Å². The predicted molar refractivity (Wildman–Crippen MR) is 175 cm³/mol. The van der Waals surface area contributed by atoms with E-state index in [0.29, 0.717) is 69.0 Å². The third-order valence-electron chi connectivity index (χ3n) is 8.39. The van der Waals surface area contributed by atoms with Crippen molar-refractivity contribution in [3.05, 3.63) is 118 Å². The van der Waals surface area contributed by atoms with Crippen LogP contribution in [0.2, 0.25) is 5.02 Å². The number of nitrogens with one attached hydrogen (secondary N) is 1. The minimum atomic E-state index is -2.78. The average Bonchev–Trinajstić information content (AvgIpc) is 3.56. The van der Waals surface area contributed by atoms with Gasteiger partial charge in [0.2, 0.25) is 5.91 Å². The third-order valence-corrected chi connectivity index (χ3v) is 8.62. The van der Waals surface area contributed by atoms with E-state index in [9.17, 15) is 23.6 Å². The SMILES string of the molecule is COC(=O)Cc1ccc2c(c1)NC(=O)CCCC[C@H](c1ccc(-c3cc(Cl)ccc3-c3cnn(C(F)F)c3)c[n+]1[O-])c1cccc-2c1. The van der Waals surface area contributed by atoms with Gasteiger partial charge >= 0.3 is 12.5 Å². The first-order valence-electron chi connectivity index (χ1n) is 15.2. The Morgan fingerprint density at radius 3 is 2.64 bits per heavy atom. The van der Waals surface area contributed by atoms with Gasteiger partial charge in [-0.05, 0) is 64.9 Å². The van der Waals surface area contributed by atoms with E-state index in [4.69, 9.17) is 16.3 Å². The first kappa shape index (κ1) is 31.9. The Kier molecular flexibility index (Phi) is 9.31. The van der Waals surface area contributed by atoms with Gasteiger partial charge in [0.15, 0.2) is 11.9 Å². The van der Waals surface area contributed by atoms with Gasteiger partial charge < -0.3 is 15.3 Å². The monoisotopic (exact) mass is 656 g/mol.